The molecule has 2 atom stereocenters. The first kappa shape index (κ1) is 12.4. The van der Waals surface area contributed by atoms with Gasteiger partial charge < -0.3 is 0 Å². The summed E-state index contributed by atoms with van der Waals surface area (Å²) in [5.74, 6) is 0. The lowest BCUT2D eigenvalue weighted by molar-refractivity contribution is 0.394. The molecule has 0 bridgehead atoms. The van der Waals surface area contributed by atoms with Gasteiger partial charge >= 0.3 is 0 Å². The van der Waals surface area contributed by atoms with Gasteiger partial charge in [-0.25, -0.2) is 0 Å². The van der Waals surface area contributed by atoms with Crippen molar-refractivity contribution in [2.24, 2.45) is 0 Å². The number of nitriles is 1. The fourth-order valence-electron chi connectivity index (χ4n) is 2.53. The predicted octanol–water partition coefficient (Wildman–Crippen LogP) is 2.44. The highest BCUT2D eigenvalue weighted by molar-refractivity contribution is 6.31. The third-order valence-corrected chi connectivity index (χ3v) is 3.82. The summed E-state index contributed by atoms with van der Waals surface area (Å²) >= 11 is 6.01. The molecule has 0 spiro atoms. The first-order valence-corrected chi connectivity index (χ1v) is 6.35. The number of nitrogens with zero attached hydrogens (tertiary/aromatic N) is 3. The zero-order valence-corrected chi connectivity index (χ0v) is 11.0. The molecular weight excluding hydrogens is 236 g/mol. The van der Waals surface area contributed by atoms with Crippen molar-refractivity contribution in [3.8, 4) is 6.07 Å². The average molecular weight is 253 g/mol. The van der Waals surface area contributed by atoms with Gasteiger partial charge in [-0.1, -0.05) is 18.5 Å². The van der Waals surface area contributed by atoms with Gasteiger partial charge in [0.05, 0.1) is 22.8 Å². The van der Waals surface area contributed by atoms with Crippen LogP contribution in [0, 0.1) is 18.3 Å². The van der Waals surface area contributed by atoms with Crippen molar-refractivity contribution in [3.63, 3.8) is 0 Å². The van der Waals surface area contributed by atoms with E-state index in [0.29, 0.717) is 5.02 Å². The van der Waals surface area contributed by atoms with Gasteiger partial charge in [-0.3, -0.25) is 10.00 Å². The molecule has 17 heavy (non-hydrogen) atoms. The van der Waals surface area contributed by atoms with Crippen molar-refractivity contribution in [2.45, 2.75) is 44.7 Å². The Balaban J connectivity index is 2.14. The van der Waals surface area contributed by atoms with E-state index in [1.807, 2.05) is 24.7 Å². The maximum Gasteiger partial charge on any atom is 0.108 e. The zero-order valence-electron chi connectivity index (χ0n) is 10.2. The normalized spacial score (nSPS) is 28.2. The molecule has 0 amide bonds. The van der Waals surface area contributed by atoms with E-state index in [2.05, 4.69) is 16.5 Å². The molecule has 2 rings (SSSR count). The Morgan fingerprint density at radius 1 is 1.76 bits per heavy atom. The van der Waals surface area contributed by atoms with Gasteiger partial charge in [-0.2, -0.15) is 10.4 Å². The van der Waals surface area contributed by atoms with E-state index in [-0.39, 0.29) is 11.6 Å². The van der Waals surface area contributed by atoms with Crippen LogP contribution in [0.5, 0.6) is 0 Å². The van der Waals surface area contributed by atoms with Gasteiger partial charge in [0, 0.05) is 12.6 Å². The van der Waals surface area contributed by atoms with Crippen molar-refractivity contribution in [1.82, 2.24) is 15.1 Å². The maximum absolute atomic E-state index is 9.30. The molecule has 0 aliphatic heterocycles. The quantitative estimate of drug-likeness (QED) is 0.899. The lowest BCUT2D eigenvalue weighted by Crippen LogP contribution is -2.41. The van der Waals surface area contributed by atoms with E-state index in [4.69, 9.17) is 11.6 Å². The lowest BCUT2D eigenvalue weighted by Gasteiger charge is -2.21. The van der Waals surface area contributed by atoms with E-state index in [9.17, 15) is 5.26 Å². The molecular formula is C12H17ClN4. The van der Waals surface area contributed by atoms with Crippen LogP contribution in [-0.2, 0) is 0 Å². The highest BCUT2D eigenvalue weighted by Gasteiger charge is 2.39. The lowest BCUT2D eigenvalue weighted by atomic mass is 9.99. The molecule has 2 unspecified atom stereocenters. The third kappa shape index (κ3) is 2.31. The molecule has 92 valence electrons. The van der Waals surface area contributed by atoms with Gasteiger partial charge in [0.25, 0.3) is 0 Å². The van der Waals surface area contributed by atoms with E-state index in [0.717, 1.165) is 31.5 Å². The molecule has 1 aliphatic carbocycles. The molecule has 1 fully saturated rings. The molecule has 4 nitrogen and oxygen atoms in total. The number of aromatic nitrogens is 2. The number of hydrogen-bond donors (Lipinski definition) is 1. The molecule has 5 heteroatoms. The fraction of sp³-hybridized carbons (Fsp3) is 0.667. The topological polar surface area (TPSA) is 53.6 Å². The molecule has 1 N–H and O–H groups in total. The van der Waals surface area contributed by atoms with Gasteiger partial charge in [-0.05, 0) is 26.3 Å². The molecule has 0 saturated heterocycles. The van der Waals surface area contributed by atoms with Crippen LogP contribution in [0.25, 0.3) is 0 Å². The first-order valence-electron chi connectivity index (χ1n) is 5.98. The van der Waals surface area contributed by atoms with E-state index in [1.54, 1.807) is 0 Å². The summed E-state index contributed by atoms with van der Waals surface area (Å²) in [6.07, 6.45) is 4.51. The van der Waals surface area contributed by atoms with Crippen LogP contribution in [0.1, 0.15) is 37.9 Å². The van der Waals surface area contributed by atoms with Gasteiger partial charge in [0.2, 0.25) is 0 Å². The summed E-state index contributed by atoms with van der Waals surface area (Å²) < 4.78 is 1.91. The Morgan fingerprint density at radius 3 is 3.06 bits per heavy atom. The summed E-state index contributed by atoms with van der Waals surface area (Å²) in [6.45, 7) is 4.75. The van der Waals surface area contributed by atoms with Crippen LogP contribution < -0.4 is 5.32 Å². The fourth-order valence-corrected chi connectivity index (χ4v) is 2.67. The zero-order chi connectivity index (χ0) is 12.5. The maximum atomic E-state index is 9.30. The van der Waals surface area contributed by atoms with Crippen LogP contribution in [0.4, 0.5) is 0 Å². The molecule has 1 aromatic heterocycles. The molecule has 1 saturated carbocycles. The number of aryl methyl sites for hydroxylation is 1. The summed E-state index contributed by atoms with van der Waals surface area (Å²) in [6, 6.07) is 2.69. The van der Waals surface area contributed by atoms with Crippen LogP contribution in [0.3, 0.4) is 0 Å². The number of nitrogens with one attached hydrogen (secondary N) is 1. The van der Waals surface area contributed by atoms with Crippen molar-refractivity contribution in [2.75, 3.05) is 6.54 Å². The minimum atomic E-state index is -0.383. The second-order valence-corrected chi connectivity index (χ2v) is 5.07. The first-order chi connectivity index (χ1) is 8.10. The second-order valence-electron chi connectivity index (χ2n) is 4.66. The number of hydrogen-bond acceptors (Lipinski definition) is 3. The number of rotatable bonds is 3. The van der Waals surface area contributed by atoms with Crippen molar-refractivity contribution in [1.29, 1.82) is 5.26 Å². The summed E-state index contributed by atoms with van der Waals surface area (Å²) in [5, 5.41) is 17.7. The molecule has 1 aromatic rings. The van der Waals surface area contributed by atoms with E-state index >= 15 is 0 Å². The van der Waals surface area contributed by atoms with Gasteiger partial charge in [-0.15, -0.1) is 0 Å². The van der Waals surface area contributed by atoms with E-state index in [1.165, 1.54) is 0 Å². The highest BCUT2D eigenvalue weighted by atomic mass is 35.5. The Morgan fingerprint density at radius 2 is 2.53 bits per heavy atom. The number of halogens is 1. The minimum Gasteiger partial charge on any atom is -0.300 e. The minimum absolute atomic E-state index is 0.278. The smallest absolute Gasteiger partial charge is 0.108 e. The van der Waals surface area contributed by atoms with Crippen LogP contribution in [-0.4, -0.2) is 21.9 Å². The average Bonchev–Trinajstić information content (AvgIpc) is 2.86. The highest BCUT2D eigenvalue weighted by Crippen LogP contribution is 2.37. The van der Waals surface area contributed by atoms with Crippen molar-refractivity contribution < 1.29 is 0 Å². The standard InChI is InChI=1S/C12H17ClN4/c1-3-15-12(8-14)5-4-10(6-12)17-7-11(13)9(2)16-17/h7,10,15H,3-6H2,1-2H3. The largest absolute Gasteiger partial charge is 0.300 e. The van der Waals surface area contributed by atoms with Crippen molar-refractivity contribution in [3.05, 3.63) is 16.9 Å². The van der Waals surface area contributed by atoms with Crippen LogP contribution in [0.15, 0.2) is 6.20 Å². The summed E-state index contributed by atoms with van der Waals surface area (Å²) in [5.41, 5.74) is 0.468. The third-order valence-electron chi connectivity index (χ3n) is 3.45. The molecule has 0 aromatic carbocycles. The van der Waals surface area contributed by atoms with Gasteiger partial charge in [0.1, 0.15) is 5.54 Å². The molecule has 1 heterocycles. The Labute approximate surface area is 107 Å². The molecule has 1 aliphatic rings. The van der Waals surface area contributed by atoms with E-state index < -0.39 is 0 Å². The Hall–Kier alpha value is -1.05. The van der Waals surface area contributed by atoms with Crippen molar-refractivity contribution >= 4 is 11.6 Å². The second kappa shape index (κ2) is 4.67. The monoisotopic (exact) mass is 252 g/mol. The molecule has 0 radical (unpaired) electrons. The van der Waals surface area contributed by atoms with Gasteiger partial charge in [0.15, 0.2) is 0 Å². The SMILES string of the molecule is CCNC1(C#N)CCC(n2cc(Cl)c(C)n2)C1. The Kier molecular flexibility index (Phi) is 3.41. The Bertz CT molecular complexity index is 428. The summed E-state index contributed by atoms with van der Waals surface area (Å²) in [4.78, 5) is 0. The predicted molar refractivity (Wildman–Crippen MR) is 66.9 cm³/mol. The van der Waals surface area contributed by atoms with Crippen LogP contribution >= 0.6 is 11.6 Å². The van der Waals surface area contributed by atoms with Crippen LogP contribution in [0.2, 0.25) is 5.02 Å². The summed E-state index contributed by atoms with van der Waals surface area (Å²) in [7, 11) is 0.